The predicted molar refractivity (Wildman–Crippen MR) is 105 cm³/mol. The fourth-order valence-corrected chi connectivity index (χ4v) is 2.91. The van der Waals surface area contributed by atoms with Crippen molar-refractivity contribution in [2.24, 2.45) is 0 Å². The molecule has 0 unspecified atom stereocenters. The van der Waals surface area contributed by atoms with E-state index >= 15 is 0 Å². The standard InChI is InChI=1S/C20H16F4N6O2/c1-11-7-15(28-30(11)10-12-3-6-17(25-2)26-9-12)19-27-18(29-32-19)13-4-5-16(14(21)8-13)31-20(22,23)24/h3-9H,10H2,1-2H3,(H,25,26). The van der Waals surface area contributed by atoms with Gasteiger partial charge in [0.15, 0.2) is 17.3 Å². The highest BCUT2D eigenvalue weighted by Crippen LogP contribution is 2.29. The van der Waals surface area contributed by atoms with Gasteiger partial charge in [0.1, 0.15) is 5.82 Å². The summed E-state index contributed by atoms with van der Waals surface area (Å²) in [6.45, 7) is 2.33. The monoisotopic (exact) mass is 448 g/mol. The van der Waals surface area contributed by atoms with Crippen LogP contribution in [0.25, 0.3) is 23.0 Å². The van der Waals surface area contributed by atoms with Crippen LogP contribution in [0.3, 0.4) is 0 Å². The van der Waals surface area contributed by atoms with E-state index in [1.807, 2.05) is 19.1 Å². The summed E-state index contributed by atoms with van der Waals surface area (Å²) in [7, 11) is 1.78. The molecule has 0 aliphatic rings. The Morgan fingerprint density at radius 3 is 2.62 bits per heavy atom. The van der Waals surface area contributed by atoms with Crippen molar-refractivity contribution < 1.29 is 26.8 Å². The van der Waals surface area contributed by atoms with E-state index in [4.69, 9.17) is 4.52 Å². The molecule has 166 valence electrons. The molecule has 0 amide bonds. The van der Waals surface area contributed by atoms with Crippen LogP contribution in [-0.4, -0.2) is 38.3 Å². The fourth-order valence-electron chi connectivity index (χ4n) is 2.91. The van der Waals surface area contributed by atoms with Gasteiger partial charge in [-0.1, -0.05) is 11.2 Å². The summed E-state index contributed by atoms with van der Waals surface area (Å²) < 4.78 is 61.4. The van der Waals surface area contributed by atoms with Gasteiger partial charge < -0.3 is 14.6 Å². The predicted octanol–water partition coefficient (Wildman–Crippen LogP) is 4.43. The zero-order valence-corrected chi connectivity index (χ0v) is 16.8. The number of nitrogens with zero attached hydrogens (tertiary/aromatic N) is 5. The Morgan fingerprint density at radius 1 is 1.16 bits per heavy atom. The van der Waals surface area contributed by atoms with Crippen molar-refractivity contribution in [1.82, 2.24) is 24.9 Å². The van der Waals surface area contributed by atoms with Crippen molar-refractivity contribution in [2.45, 2.75) is 19.8 Å². The van der Waals surface area contributed by atoms with Gasteiger partial charge in [0.25, 0.3) is 5.89 Å². The number of benzene rings is 1. The Balaban J connectivity index is 1.53. The van der Waals surface area contributed by atoms with Crippen LogP contribution in [0, 0.1) is 12.7 Å². The molecular weight excluding hydrogens is 432 g/mol. The number of ether oxygens (including phenoxy) is 1. The van der Waals surface area contributed by atoms with Gasteiger partial charge in [0, 0.05) is 24.5 Å². The van der Waals surface area contributed by atoms with E-state index < -0.39 is 17.9 Å². The molecule has 3 heterocycles. The SMILES string of the molecule is CNc1ccc(Cn2nc(-c3nc(-c4ccc(OC(F)(F)F)c(F)c4)no3)cc2C)cn1. The number of rotatable bonds is 6. The maximum atomic E-state index is 14.0. The normalized spacial score (nSPS) is 11.6. The largest absolute Gasteiger partial charge is 0.573 e. The second kappa shape index (κ2) is 8.29. The Labute approximate surface area is 178 Å². The Bertz CT molecular complexity index is 1230. The molecule has 0 radical (unpaired) electrons. The molecule has 0 fully saturated rings. The van der Waals surface area contributed by atoms with E-state index in [1.54, 1.807) is 24.0 Å². The van der Waals surface area contributed by atoms with Crippen molar-refractivity contribution in [3.05, 3.63) is 59.7 Å². The minimum absolute atomic E-state index is 0.00323. The zero-order chi connectivity index (χ0) is 22.9. The molecule has 32 heavy (non-hydrogen) atoms. The van der Waals surface area contributed by atoms with Crippen molar-refractivity contribution >= 4 is 5.82 Å². The first kappa shape index (κ1) is 21.3. The van der Waals surface area contributed by atoms with E-state index in [-0.39, 0.29) is 17.3 Å². The zero-order valence-electron chi connectivity index (χ0n) is 16.8. The summed E-state index contributed by atoms with van der Waals surface area (Å²) in [5.74, 6) is -1.32. The van der Waals surface area contributed by atoms with Gasteiger partial charge in [0.05, 0.1) is 6.54 Å². The van der Waals surface area contributed by atoms with Crippen LogP contribution < -0.4 is 10.1 Å². The molecule has 0 atom stereocenters. The second-order valence-corrected chi connectivity index (χ2v) is 6.75. The van der Waals surface area contributed by atoms with Gasteiger partial charge in [-0.3, -0.25) is 4.68 Å². The quantitative estimate of drug-likeness (QED) is 0.437. The average Bonchev–Trinajstić information content (AvgIpc) is 3.37. The Morgan fingerprint density at radius 2 is 1.97 bits per heavy atom. The first-order chi connectivity index (χ1) is 15.2. The molecule has 0 bridgehead atoms. The first-order valence-corrected chi connectivity index (χ1v) is 9.29. The lowest BCUT2D eigenvalue weighted by molar-refractivity contribution is -0.275. The fraction of sp³-hybridized carbons (Fsp3) is 0.200. The van der Waals surface area contributed by atoms with Gasteiger partial charge in [-0.05, 0) is 42.8 Å². The first-order valence-electron chi connectivity index (χ1n) is 9.29. The number of anilines is 1. The number of nitrogens with one attached hydrogen (secondary N) is 1. The lowest BCUT2D eigenvalue weighted by Gasteiger charge is -2.09. The molecule has 1 N–H and O–H groups in total. The molecule has 0 aliphatic carbocycles. The maximum Gasteiger partial charge on any atom is 0.573 e. The number of aryl methyl sites for hydroxylation is 1. The number of pyridine rings is 1. The van der Waals surface area contributed by atoms with Crippen LogP contribution in [0.5, 0.6) is 5.75 Å². The molecule has 12 heteroatoms. The van der Waals surface area contributed by atoms with Crippen LogP contribution in [0.4, 0.5) is 23.4 Å². The minimum atomic E-state index is -5.00. The van der Waals surface area contributed by atoms with Crippen LogP contribution >= 0.6 is 0 Å². The molecule has 4 aromatic rings. The van der Waals surface area contributed by atoms with Crippen LogP contribution in [0.2, 0.25) is 0 Å². The molecule has 8 nitrogen and oxygen atoms in total. The summed E-state index contributed by atoms with van der Waals surface area (Å²) in [5, 5.41) is 11.2. The highest BCUT2D eigenvalue weighted by Gasteiger charge is 2.32. The van der Waals surface area contributed by atoms with Crippen molar-refractivity contribution in [1.29, 1.82) is 0 Å². The Kier molecular flexibility index (Phi) is 5.51. The van der Waals surface area contributed by atoms with Gasteiger partial charge in [-0.15, -0.1) is 13.2 Å². The molecular formula is C20H16F4N6O2. The summed E-state index contributed by atoms with van der Waals surface area (Å²) >= 11 is 0. The van der Waals surface area contributed by atoms with E-state index in [0.717, 1.165) is 29.2 Å². The third-order valence-corrected chi connectivity index (χ3v) is 4.46. The van der Waals surface area contributed by atoms with E-state index in [1.165, 1.54) is 6.07 Å². The summed E-state index contributed by atoms with van der Waals surface area (Å²) in [6, 6.07) is 8.40. The van der Waals surface area contributed by atoms with Gasteiger partial charge in [-0.25, -0.2) is 9.37 Å². The topological polar surface area (TPSA) is 90.9 Å². The van der Waals surface area contributed by atoms with Crippen molar-refractivity contribution in [3.63, 3.8) is 0 Å². The number of alkyl halides is 3. The lowest BCUT2D eigenvalue weighted by atomic mass is 10.2. The van der Waals surface area contributed by atoms with Crippen molar-refractivity contribution in [3.8, 4) is 28.7 Å². The smallest absolute Gasteiger partial charge is 0.403 e. The Hall–Kier alpha value is -3.96. The molecule has 3 aromatic heterocycles. The van der Waals surface area contributed by atoms with Crippen LogP contribution in [-0.2, 0) is 6.54 Å². The van der Waals surface area contributed by atoms with E-state index in [0.29, 0.717) is 12.2 Å². The highest BCUT2D eigenvalue weighted by atomic mass is 19.4. The maximum absolute atomic E-state index is 14.0. The molecule has 0 aliphatic heterocycles. The van der Waals surface area contributed by atoms with Gasteiger partial charge in [-0.2, -0.15) is 10.1 Å². The van der Waals surface area contributed by atoms with Crippen LogP contribution in [0.15, 0.2) is 47.1 Å². The molecule has 1 aromatic carbocycles. The molecule has 4 rings (SSSR count). The second-order valence-electron chi connectivity index (χ2n) is 6.75. The number of hydrogen-bond donors (Lipinski definition) is 1. The highest BCUT2D eigenvalue weighted by molar-refractivity contribution is 5.59. The summed E-state index contributed by atoms with van der Waals surface area (Å²) in [6.07, 6.45) is -3.26. The van der Waals surface area contributed by atoms with Gasteiger partial charge >= 0.3 is 6.36 Å². The van der Waals surface area contributed by atoms with E-state index in [9.17, 15) is 17.6 Å². The number of aromatic nitrogens is 5. The van der Waals surface area contributed by atoms with Crippen LogP contribution in [0.1, 0.15) is 11.3 Å². The third-order valence-electron chi connectivity index (χ3n) is 4.46. The van der Waals surface area contributed by atoms with Crippen molar-refractivity contribution in [2.75, 3.05) is 12.4 Å². The average molecular weight is 448 g/mol. The van der Waals surface area contributed by atoms with Gasteiger partial charge in [0.2, 0.25) is 5.82 Å². The third kappa shape index (κ3) is 4.68. The summed E-state index contributed by atoms with van der Waals surface area (Å²) in [5.41, 5.74) is 2.29. The lowest BCUT2D eigenvalue weighted by Crippen LogP contribution is -2.17. The van der Waals surface area contributed by atoms with E-state index in [2.05, 4.69) is 30.3 Å². The molecule has 0 spiro atoms. The summed E-state index contributed by atoms with van der Waals surface area (Å²) in [4.78, 5) is 8.44. The minimum Gasteiger partial charge on any atom is -0.403 e. The molecule has 0 saturated heterocycles. The number of halogens is 4. The number of hydrogen-bond acceptors (Lipinski definition) is 7. The molecule has 0 saturated carbocycles.